The Balaban J connectivity index is 2.17. The van der Waals surface area contributed by atoms with Crippen LogP contribution >= 0.6 is 23.2 Å². The van der Waals surface area contributed by atoms with Crippen LogP contribution in [0.2, 0.25) is 10.0 Å². The monoisotopic (exact) mass is 328 g/mol. The summed E-state index contributed by atoms with van der Waals surface area (Å²) in [4.78, 5) is 14.7. The third-order valence-electron chi connectivity index (χ3n) is 3.90. The highest BCUT2D eigenvalue weighted by molar-refractivity contribution is 6.43. The molecular formula is C16H22Cl2N2O. The number of carbonyl (C=O) groups is 1. The molecule has 1 heterocycles. The van der Waals surface area contributed by atoms with Crippen molar-refractivity contribution in [1.29, 1.82) is 0 Å². The molecule has 1 unspecified atom stereocenters. The van der Waals surface area contributed by atoms with Crippen molar-refractivity contribution in [2.24, 2.45) is 0 Å². The van der Waals surface area contributed by atoms with Gasteiger partial charge in [0.2, 0.25) is 0 Å². The molecule has 1 aromatic rings. The predicted octanol–water partition coefficient (Wildman–Crippen LogP) is 3.99. The van der Waals surface area contributed by atoms with Gasteiger partial charge in [-0.25, -0.2) is 0 Å². The number of amides is 1. The number of carbonyl (C=O) groups excluding carboxylic acids is 1. The molecule has 2 rings (SSSR count). The zero-order valence-electron chi connectivity index (χ0n) is 12.5. The minimum absolute atomic E-state index is 0.0510. The van der Waals surface area contributed by atoms with Gasteiger partial charge < -0.3 is 10.2 Å². The van der Waals surface area contributed by atoms with Crippen LogP contribution in [0.25, 0.3) is 0 Å². The lowest BCUT2D eigenvalue weighted by Gasteiger charge is -2.33. The molecule has 0 radical (unpaired) electrons. The molecule has 0 aromatic heterocycles. The zero-order chi connectivity index (χ0) is 15.4. The Labute approximate surface area is 136 Å². The molecule has 1 saturated heterocycles. The minimum atomic E-state index is -0.0510. The molecule has 116 valence electrons. The Morgan fingerprint density at radius 2 is 2.14 bits per heavy atom. The minimum Gasteiger partial charge on any atom is -0.335 e. The highest BCUT2D eigenvalue weighted by atomic mass is 35.5. The molecule has 5 heteroatoms. The number of piperidine rings is 1. The van der Waals surface area contributed by atoms with Crippen LogP contribution in [-0.4, -0.2) is 36.0 Å². The standard InChI is InChI=1S/C16H22Cl2N2O/c1-11(2)20(10-12-6-3-4-9-19-12)16(21)13-7-5-8-14(17)15(13)18/h5,7-8,11-12,19H,3-4,6,9-10H2,1-2H3. The first-order chi connectivity index (χ1) is 10.0. The second-order valence-electron chi connectivity index (χ2n) is 5.80. The van der Waals surface area contributed by atoms with Crippen molar-refractivity contribution >= 4 is 29.1 Å². The molecule has 1 amide bonds. The van der Waals surface area contributed by atoms with E-state index in [1.807, 2.05) is 18.7 Å². The van der Waals surface area contributed by atoms with Crippen LogP contribution in [0.3, 0.4) is 0 Å². The van der Waals surface area contributed by atoms with Gasteiger partial charge in [-0.1, -0.05) is 35.7 Å². The van der Waals surface area contributed by atoms with E-state index in [-0.39, 0.29) is 11.9 Å². The number of nitrogens with zero attached hydrogens (tertiary/aromatic N) is 1. The summed E-state index contributed by atoms with van der Waals surface area (Å²) in [5.41, 5.74) is 0.480. The van der Waals surface area contributed by atoms with Gasteiger partial charge in [-0.15, -0.1) is 0 Å². The molecule has 1 aromatic carbocycles. The first-order valence-corrected chi connectivity index (χ1v) is 8.24. The number of halogens is 2. The topological polar surface area (TPSA) is 32.3 Å². The maximum atomic E-state index is 12.8. The van der Waals surface area contributed by atoms with Crippen LogP contribution in [0, 0.1) is 0 Å². The molecule has 0 spiro atoms. The Hall–Kier alpha value is -0.770. The summed E-state index contributed by atoms with van der Waals surface area (Å²) in [6, 6.07) is 5.68. The van der Waals surface area contributed by atoms with Crippen molar-refractivity contribution in [2.75, 3.05) is 13.1 Å². The second-order valence-corrected chi connectivity index (χ2v) is 6.58. The largest absolute Gasteiger partial charge is 0.335 e. The van der Waals surface area contributed by atoms with Crippen LogP contribution < -0.4 is 5.32 Å². The predicted molar refractivity (Wildman–Crippen MR) is 88.3 cm³/mol. The molecule has 1 aliphatic rings. The van der Waals surface area contributed by atoms with Gasteiger partial charge in [0.15, 0.2) is 0 Å². The maximum Gasteiger partial charge on any atom is 0.255 e. The molecule has 0 saturated carbocycles. The second kappa shape index (κ2) is 7.48. The summed E-state index contributed by atoms with van der Waals surface area (Å²) in [7, 11) is 0. The molecule has 0 aliphatic carbocycles. The lowest BCUT2D eigenvalue weighted by atomic mass is 10.0. The third-order valence-corrected chi connectivity index (χ3v) is 4.71. The van der Waals surface area contributed by atoms with E-state index in [0.29, 0.717) is 28.2 Å². The van der Waals surface area contributed by atoms with Gasteiger partial charge in [0, 0.05) is 18.6 Å². The van der Waals surface area contributed by atoms with E-state index < -0.39 is 0 Å². The summed E-state index contributed by atoms with van der Waals surface area (Å²) in [6.45, 7) is 5.79. The number of hydrogen-bond acceptors (Lipinski definition) is 2. The normalized spacial score (nSPS) is 18.8. The Bertz CT molecular complexity index is 499. The van der Waals surface area contributed by atoms with E-state index in [4.69, 9.17) is 23.2 Å². The van der Waals surface area contributed by atoms with Crippen LogP contribution in [0.4, 0.5) is 0 Å². The van der Waals surface area contributed by atoms with Crippen molar-refractivity contribution < 1.29 is 4.79 Å². The molecule has 1 aliphatic heterocycles. The van der Waals surface area contributed by atoms with Gasteiger partial charge in [-0.05, 0) is 45.4 Å². The fraction of sp³-hybridized carbons (Fsp3) is 0.562. The molecule has 1 fully saturated rings. The summed E-state index contributed by atoms with van der Waals surface area (Å²) in [6.07, 6.45) is 3.54. The zero-order valence-corrected chi connectivity index (χ0v) is 14.0. The van der Waals surface area contributed by atoms with Crippen LogP contribution in [0.15, 0.2) is 18.2 Å². The first-order valence-electron chi connectivity index (χ1n) is 7.49. The van der Waals surface area contributed by atoms with Crippen LogP contribution in [-0.2, 0) is 0 Å². The quantitative estimate of drug-likeness (QED) is 0.906. The van der Waals surface area contributed by atoms with Gasteiger partial charge in [-0.3, -0.25) is 4.79 Å². The van der Waals surface area contributed by atoms with Gasteiger partial charge in [0.05, 0.1) is 15.6 Å². The van der Waals surface area contributed by atoms with Crippen molar-refractivity contribution in [3.8, 4) is 0 Å². The fourth-order valence-electron chi connectivity index (χ4n) is 2.67. The summed E-state index contributed by atoms with van der Waals surface area (Å²) >= 11 is 12.2. The van der Waals surface area contributed by atoms with E-state index in [1.165, 1.54) is 12.8 Å². The summed E-state index contributed by atoms with van der Waals surface area (Å²) < 4.78 is 0. The first kappa shape index (κ1) is 16.6. The lowest BCUT2D eigenvalue weighted by molar-refractivity contribution is 0.0677. The van der Waals surface area contributed by atoms with Gasteiger partial charge >= 0.3 is 0 Å². The van der Waals surface area contributed by atoms with Crippen molar-refractivity contribution in [1.82, 2.24) is 10.2 Å². The van der Waals surface area contributed by atoms with Crippen molar-refractivity contribution in [2.45, 2.75) is 45.2 Å². The van der Waals surface area contributed by atoms with Crippen LogP contribution in [0.1, 0.15) is 43.5 Å². The summed E-state index contributed by atoms with van der Waals surface area (Å²) in [5, 5.41) is 4.24. The Kier molecular flexibility index (Phi) is 5.91. The van der Waals surface area contributed by atoms with E-state index in [0.717, 1.165) is 13.0 Å². The highest BCUT2D eigenvalue weighted by Crippen LogP contribution is 2.27. The number of hydrogen-bond donors (Lipinski definition) is 1. The average molecular weight is 329 g/mol. The number of nitrogens with one attached hydrogen (secondary N) is 1. The molecule has 0 bridgehead atoms. The molecule has 3 nitrogen and oxygen atoms in total. The van der Waals surface area contributed by atoms with Gasteiger partial charge in [0.1, 0.15) is 0 Å². The Morgan fingerprint density at radius 3 is 2.76 bits per heavy atom. The van der Waals surface area contributed by atoms with E-state index in [2.05, 4.69) is 5.32 Å². The third kappa shape index (κ3) is 4.12. The van der Waals surface area contributed by atoms with Gasteiger partial charge in [-0.2, -0.15) is 0 Å². The number of rotatable bonds is 4. The maximum absolute atomic E-state index is 12.8. The van der Waals surface area contributed by atoms with E-state index in [9.17, 15) is 4.79 Å². The molecule has 1 N–H and O–H groups in total. The summed E-state index contributed by atoms with van der Waals surface area (Å²) in [5.74, 6) is -0.0510. The van der Waals surface area contributed by atoms with Crippen LogP contribution in [0.5, 0.6) is 0 Å². The van der Waals surface area contributed by atoms with Gasteiger partial charge in [0.25, 0.3) is 5.91 Å². The SMILES string of the molecule is CC(C)N(CC1CCCCN1)C(=O)c1cccc(Cl)c1Cl. The molecule has 21 heavy (non-hydrogen) atoms. The average Bonchev–Trinajstić information content (AvgIpc) is 2.48. The molecular weight excluding hydrogens is 307 g/mol. The Morgan fingerprint density at radius 1 is 1.38 bits per heavy atom. The smallest absolute Gasteiger partial charge is 0.255 e. The lowest BCUT2D eigenvalue weighted by Crippen LogP contribution is -2.48. The van der Waals surface area contributed by atoms with Crippen molar-refractivity contribution in [3.05, 3.63) is 33.8 Å². The fourth-order valence-corrected chi connectivity index (χ4v) is 3.05. The number of benzene rings is 1. The van der Waals surface area contributed by atoms with Crippen molar-refractivity contribution in [3.63, 3.8) is 0 Å². The van der Waals surface area contributed by atoms with E-state index in [1.54, 1.807) is 18.2 Å². The van der Waals surface area contributed by atoms with E-state index >= 15 is 0 Å². The molecule has 1 atom stereocenters. The highest BCUT2D eigenvalue weighted by Gasteiger charge is 2.25.